The highest BCUT2D eigenvalue weighted by Gasteiger charge is 2.36. The number of benzene rings is 1. The van der Waals surface area contributed by atoms with Crippen LogP contribution in [-0.4, -0.2) is 6.04 Å². The second kappa shape index (κ2) is 10.8. The molecule has 1 unspecified atom stereocenters. The highest BCUT2D eigenvalue weighted by atomic mass is 14.7. The van der Waals surface area contributed by atoms with Gasteiger partial charge in [-0.3, -0.25) is 0 Å². The van der Waals surface area contributed by atoms with E-state index in [1.807, 2.05) is 0 Å². The average Bonchev–Trinajstić information content (AvgIpc) is 2.55. The Balaban J connectivity index is 2.79. The van der Waals surface area contributed by atoms with Crippen LogP contribution in [0.3, 0.4) is 0 Å². The van der Waals surface area contributed by atoms with E-state index >= 15 is 0 Å². The molecule has 2 N–H and O–H groups in total. The van der Waals surface area contributed by atoms with E-state index in [4.69, 9.17) is 5.73 Å². The third-order valence-electron chi connectivity index (χ3n) is 5.07. The molecule has 0 fully saturated rings. The summed E-state index contributed by atoms with van der Waals surface area (Å²) in [6.45, 7) is 6.86. The largest absolute Gasteiger partial charge is 0.327 e. The molecular formula is C21H37N. The molecule has 0 bridgehead atoms. The Labute approximate surface area is 138 Å². The van der Waals surface area contributed by atoms with Gasteiger partial charge in [0, 0.05) is 11.5 Å². The number of nitrogens with two attached hydrogens (primary N) is 1. The lowest BCUT2D eigenvalue weighted by molar-refractivity contribution is 0.272. The number of hydrogen-bond acceptors (Lipinski definition) is 1. The zero-order chi connectivity index (χ0) is 16.3. The molecule has 22 heavy (non-hydrogen) atoms. The molecule has 0 aliphatic carbocycles. The van der Waals surface area contributed by atoms with Crippen LogP contribution >= 0.6 is 0 Å². The van der Waals surface area contributed by atoms with Gasteiger partial charge < -0.3 is 5.73 Å². The minimum atomic E-state index is 0.176. The molecule has 0 saturated carbocycles. The van der Waals surface area contributed by atoms with Crippen molar-refractivity contribution in [1.29, 1.82) is 0 Å². The maximum Gasteiger partial charge on any atom is 0.0136 e. The molecule has 1 atom stereocenters. The van der Waals surface area contributed by atoms with Crippen LogP contribution in [0.2, 0.25) is 0 Å². The first-order valence-corrected chi connectivity index (χ1v) is 9.52. The van der Waals surface area contributed by atoms with E-state index in [0.29, 0.717) is 0 Å². The molecule has 0 amide bonds. The molecule has 0 radical (unpaired) electrons. The Bertz CT molecular complexity index is 365. The van der Waals surface area contributed by atoms with E-state index in [-0.39, 0.29) is 11.5 Å². The molecule has 1 heteroatoms. The molecular weight excluding hydrogens is 266 g/mol. The van der Waals surface area contributed by atoms with Crippen LogP contribution in [0, 0.1) is 0 Å². The van der Waals surface area contributed by atoms with Gasteiger partial charge in [-0.25, -0.2) is 0 Å². The zero-order valence-electron chi connectivity index (χ0n) is 15.1. The molecule has 0 spiro atoms. The molecule has 0 saturated heterocycles. The summed E-state index contributed by atoms with van der Waals surface area (Å²) in [7, 11) is 0. The Morgan fingerprint density at radius 3 is 1.95 bits per heavy atom. The van der Waals surface area contributed by atoms with Crippen LogP contribution in [0.4, 0.5) is 0 Å². The van der Waals surface area contributed by atoms with Gasteiger partial charge in [0.05, 0.1) is 0 Å². The standard InChI is InChI=1S/C21H37N/c1-4-7-8-9-13-16-20(22)21(17-5-2,18-6-3)19-14-11-10-12-15-19/h10-12,14-15,20H,4-9,13,16-18,22H2,1-3H3. The molecule has 0 heterocycles. The summed E-state index contributed by atoms with van der Waals surface area (Å²) in [5.41, 5.74) is 8.41. The molecule has 1 aromatic rings. The van der Waals surface area contributed by atoms with Crippen LogP contribution in [0.25, 0.3) is 0 Å². The maximum absolute atomic E-state index is 6.77. The van der Waals surface area contributed by atoms with E-state index in [2.05, 4.69) is 51.1 Å². The van der Waals surface area contributed by atoms with Crippen molar-refractivity contribution in [3.05, 3.63) is 35.9 Å². The quantitative estimate of drug-likeness (QED) is 0.456. The van der Waals surface area contributed by atoms with Crippen LogP contribution in [-0.2, 0) is 5.41 Å². The normalized spacial score (nSPS) is 13.3. The summed E-state index contributed by atoms with van der Waals surface area (Å²) in [5.74, 6) is 0. The maximum atomic E-state index is 6.77. The van der Waals surface area contributed by atoms with Crippen LogP contribution in [0.1, 0.15) is 90.5 Å². The van der Waals surface area contributed by atoms with Gasteiger partial charge >= 0.3 is 0 Å². The topological polar surface area (TPSA) is 26.0 Å². The lowest BCUT2D eigenvalue weighted by Crippen LogP contribution is -2.45. The van der Waals surface area contributed by atoms with Crippen molar-refractivity contribution in [2.45, 2.75) is 96.4 Å². The van der Waals surface area contributed by atoms with E-state index in [0.717, 1.165) is 0 Å². The van der Waals surface area contributed by atoms with Crippen LogP contribution in [0.15, 0.2) is 30.3 Å². The van der Waals surface area contributed by atoms with E-state index < -0.39 is 0 Å². The zero-order valence-corrected chi connectivity index (χ0v) is 15.1. The first-order valence-electron chi connectivity index (χ1n) is 9.52. The minimum Gasteiger partial charge on any atom is -0.327 e. The summed E-state index contributed by atoms with van der Waals surface area (Å²) in [6.07, 6.45) is 12.7. The Hall–Kier alpha value is -0.820. The summed E-state index contributed by atoms with van der Waals surface area (Å²) in [6, 6.07) is 11.3. The first-order chi connectivity index (χ1) is 10.7. The molecule has 1 aromatic carbocycles. The molecule has 1 rings (SSSR count). The fraction of sp³-hybridized carbons (Fsp3) is 0.714. The third kappa shape index (κ3) is 5.43. The van der Waals surface area contributed by atoms with Gasteiger partial charge in [-0.05, 0) is 24.8 Å². The van der Waals surface area contributed by atoms with Gasteiger partial charge in [0.25, 0.3) is 0 Å². The van der Waals surface area contributed by atoms with Crippen molar-refractivity contribution >= 4 is 0 Å². The van der Waals surface area contributed by atoms with Gasteiger partial charge in [0.2, 0.25) is 0 Å². The molecule has 0 aliphatic rings. The molecule has 1 nitrogen and oxygen atoms in total. The minimum absolute atomic E-state index is 0.176. The number of unbranched alkanes of at least 4 members (excludes halogenated alkanes) is 4. The monoisotopic (exact) mass is 303 g/mol. The van der Waals surface area contributed by atoms with E-state index in [1.165, 1.54) is 69.8 Å². The van der Waals surface area contributed by atoms with E-state index in [1.54, 1.807) is 0 Å². The lowest BCUT2D eigenvalue weighted by atomic mass is 9.67. The van der Waals surface area contributed by atoms with Gasteiger partial charge in [0.15, 0.2) is 0 Å². The Morgan fingerprint density at radius 2 is 1.41 bits per heavy atom. The first kappa shape index (κ1) is 19.2. The van der Waals surface area contributed by atoms with Gasteiger partial charge in [-0.2, -0.15) is 0 Å². The SMILES string of the molecule is CCCCCCCC(N)C(CCC)(CCC)c1ccccc1. The Kier molecular flexibility index (Phi) is 9.47. The van der Waals surface area contributed by atoms with E-state index in [9.17, 15) is 0 Å². The smallest absolute Gasteiger partial charge is 0.0136 e. The second-order valence-electron chi connectivity index (χ2n) is 6.83. The average molecular weight is 304 g/mol. The van der Waals surface area contributed by atoms with Gasteiger partial charge in [-0.15, -0.1) is 0 Å². The van der Waals surface area contributed by atoms with Crippen molar-refractivity contribution in [1.82, 2.24) is 0 Å². The van der Waals surface area contributed by atoms with Crippen molar-refractivity contribution in [2.75, 3.05) is 0 Å². The summed E-state index contributed by atoms with van der Waals surface area (Å²) < 4.78 is 0. The van der Waals surface area contributed by atoms with Crippen molar-refractivity contribution in [2.24, 2.45) is 5.73 Å². The lowest BCUT2D eigenvalue weighted by Gasteiger charge is -2.40. The van der Waals surface area contributed by atoms with Crippen LogP contribution in [0.5, 0.6) is 0 Å². The third-order valence-corrected chi connectivity index (χ3v) is 5.07. The highest BCUT2D eigenvalue weighted by molar-refractivity contribution is 5.27. The predicted molar refractivity (Wildman–Crippen MR) is 99.3 cm³/mol. The van der Waals surface area contributed by atoms with Crippen LogP contribution < -0.4 is 5.73 Å². The second-order valence-corrected chi connectivity index (χ2v) is 6.83. The summed E-state index contributed by atoms with van der Waals surface area (Å²) >= 11 is 0. The molecule has 0 aromatic heterocycles. The predicted octanol–water partition coefficient (Wildman–Crippen LogP) is 6.21. The number of hydrogen-bond donors (Lipinski definition) is 1. The fourth-order valence-corrected chi connectivity index (χ4v) is 3.90. The summed E-state index contributed by atoms with van der Waals surface area (Å²) in [5, 5.41) is 0. The highest BCUT2D eigenvalue weighted by Crippen LogP contribution is 2.38. The van der Waals surface area contributed by atoms with Crippen molar-refractivity contribution in [3.8, 4) is 0 Å². The molecule has 0 aliphatic heterocycles. The fourth-order valence-electron chi connectivity index (χ4n) is 3.90. The van der Waals surface area contributed by atoms with Gasteiger partial charge in [0.1, 0.15) is 0 Å². The Morgan fingerprint density at radius 1 is 0.818 bits per heavy atom. The van der Waals surface area contributed by atoms with Gasteiger partial charge in [-0.1, -0.05) is 96.0 Å². The summed E-state index contributed by atoms with van der Waals surface area (Å²) in [4.78, 5) is 0. The number of rotatable bonds is 12. The van der Waals surface area contributed by atoms with Crippen molar-refractivity contribution in [3.63, 3.8) is 0 Å². The van der Waals surface area contributed by atoms with Crippen molar-refractivity contribution < 1.29 is 0 Å². The molecule has 126 valence electrons.